The van der Waals surface area contributed by atoms with E-state index in [0.29, 0.717) is 19.5 Å². The van der Waals surface area contributed by atoms with Crippen molar-refractivity contribution in [2.24, 2.45) is 0 Å². The molecular formula is C22H32N4O2. The van der Waals surface area contributed by atoms with Gasteiger partial charge >= 0.3 is 0 Å². The van der Waals surface area contributed by atoms with Gasteiger partial charge in [0.1, 0.15) is 12.4 Å². The molecule has 0 unspecified atom stereocenters. The number of carbonyl (C=O) groups excluding carboxylic acids is 2. The van der Waals surface area contributed by atoms with Crippen LogP contribution in [0.2, 0.25) is 0 Å². The Bertz CT molecular complexity index is 791. The lowest BCUT2D eigenvalue weighted by Crippen LogP contribution is -2.35. The summed E-state index contributed by atoms with van der Waals surface area (Å²) in [4.78, 5) is 31.3. The van der Waals surface area contributed by atoms with E-state index in [1.807, 2.05) is 36.1 Å². The average molecular weight is 385 g/mol. The minimum Gasteiger partial charge on any atom is -0.356 e. The molecule has 1 aromatic heterocycles. The number of amides is 2. The number of carbonyl (C=O) groups is 2. The van der Waals surface area contributed by atoms with Crippen LogP contribution < -0.4 is 5.32 Å². The molecule has 0 spiro atoms. The number of rotatable bonds is 8. The topological polar surface area (TPSA) is 67.2 Å². The number of benzene rings is 1. The van der Waals surface area contributed by atoms with Gasteiger partial charge in [-0.15, -0.1) is 0 Å². The Kier molecular flexibility index (Phi) is 7.46. The third kappa shape index (κ3) is 5.33. The zero-order chi connectivity index (χ0) is 19.8. The number of nitrogens with zero attached hydrogens (tertiary/aromatic N) is 3. The Balaban J connectivity index is 1.68. The SMILES string of the molecule is CCCC(=O)NCCCc1nc2ccccc2n1CC(=O)N1CCCCCC1. The highest BCUT2D eigenvalue weighted by Gasteiger charge is 2.19. The van der Waals surface area contributed by atoms with Crippen molar-refractivity contribution in [2.45, 2.75) is 64.8 Å². The number of hydrogen-bond acceptors (Lipinski definition) is 3. The summed E-state index contributed by atoms with van der Waals surface area (Å²) < 4.78 is 2.07. The van der Waals surface area contributed by atoms with E-state index in [-0.39, 0.29) is 11.8 Å². The average Bonchev–Trinajstić information content (AvgIpc) is 2.86. The quantitative estimate of drug-likeness (QED) is 0.710. The highest BCUT2D eigenvalue weighted by atomic mass is 16.2. The molecule has 2 aromatic rings. The molecule has 0 atom stereocenters. The molecule has 2 amide bonds. The summed E-state index contributed by atoms with van der Waals surface area (Å²) >= 11 is 0. The minimum absolute atomic E-state index is 0.104. The van der Waals surface area contributed by atoms with Gasteiger partial charge in [-0.1, -0.05) is 31.9 Å². The first-order valence-corrected chi connectivity index (χ1v) is 10.7. The molecule has 1 aliphatic heterocycles. The summed E-state index contributed by atoms with van der Waals surface area (Å²) in [5, 5.41) is 2.96. The van der Waals surface area contributed by atoms with Crippen LogP contribution in [0.15, 0.2) is 24.3 Å². The van der Waals surface area contributed by atoms with Gasteiger partial charge in [0.15, 0.2) is 0 Å². The lowest BCUT2D eigenvalue weighted by Gasteiger charge is -2.21. The standard InChI is InChI=1S/C22H32N4O2/c1-2-10-21(27)23-14-9-13-20-24-18-11-5-6-12-19(18)26(20)17-22(28)25-15-7-3-4-8-16-25/h5-6,11-12H,2-4,7-10,13-17H2,1H3,(H,23,27). The summed E-state index contributed by atoms with van der Waals surface area (Å²) in [6.07, 6.45) is 7.62. The molecule has 1 aromatic carbocycles. The molecule has 152 valence electrons. The van der Waals surface area contributed by atoms with Crippen LogP contribution in [0.5, 0.6) is 0 Å². The number of hydrogen-bond donors (Lipinski definition) is 1. The van der Waals surface area contributed by atoms with Crippen molar-refractivity contribution in [2.75, 3.05) is 19.6 Å². The van der Waals surface area contributed by atoms with Crippen molar-refractivity contribution in [3.05, 3.63) is 30.1 Å². The molecule has 1 N–H and O–H groups in total. The van der Waals surface area contributed by atoms with E-state index in [2.05, 4.69) is 9.88 Å². The minimum atomic E-state index is 0.104. The van der Waals surface area contributed by atoms with Crippen molar-refractivity contribution in [1.82, 2.24) is 19.8 Å². The maximum atomic E-state index is 12.9. The van der Waals surface area contributed by atoms with Gasteiger partial charge in [-0.05, 0) is 37.8 Å². The zero-order valence-corrected chi connectivity index (χ0v) is 17.0. The van der Waals surface area contributed by atoms with Gasteiger partial charge in [0, 0.05) is 32.5 Å². The first kappa shape index (κ1) is 20.4. The third-order valence-corrected chi connectivity index (χ3v) is 5.36. The van der Waals surface area contributed by atoms with Crippen molar-refractivity contribution in [1.29, 1.82) is 0 Å². The second kappa shape index (κ2) is 10.2. The van der Waals surface area contributed by atoms with Gasteiger partial charge in [0.2, 0.25) is 11.8 Å². The number of aryl methyl sites for hydroxylation is 1. The molecule has 6 nitrogen and oxygen atoms in total. The summed E-state index contributed by atoms with van der Waals surface area (Å²) in [5.41, 5.74) is 1.94. The first-order valence-electron chi connectivity index (χ1n) is 10.7. The Morgan fingerprint density at radius 2 is 1.86 bits per heavy atom. The van der Waals surface area contributed by atoms with Gasteiger partial charge in [0.05, 0.1) is 11.0 Å². The molecule has 0 aliphatic carbocycles. The van der Waals surface area contributed by atoms with E-state index in [4.69, 9.17) is 4.98 Å². The smallest absolute Gasteiger partial charge is 0.242 e. The Hall–Kier alpha value is -2.37. The fraction of sp³-hybridized carbons (Fsp3) is 0.591. The predicted octanol–water partition coefficient (Wildman–Crippen LogP) is 3.29. The van der Waals surface area contributed by atoms with Gasteiger partial charge in [-0.2, -0.15) is 0 Å². The van der Waals surface area contributed by atoms with Gasteiger partial charge in [-0.3, -0.25) is 9.59 Å². The van der Waals surface area contributed by atoms with E-state index in [0.717, 1.165) is 62.1 Å². The summed E-state index contributed by atoms with van der Waals surface area (Å²) in [7, 11) is 0. The third-order valence-electron chi connectivity index (χ3n) is 5.36. The number of fused-ring (bicyclic) bond motifs is 1. The number of imidazole rings is 1. The fourth-order valence-electron chi connectivity index (χ4n) is 3.84. The molecule has 2 heterocycles. The van der Waals surface area contributed by atoms with Gasteiger partial charge in [0.25, 0.3) is 0 Å². The van der Waals surface area contributed by atoms with E-state index in [1.165, 1.54) is 12.8 Å². The maximum Gasteiger partial charge on any atom is 0.242 e. The van der Waals surface area contributed by atoms with Crippen LogP contribution >= 0.6 is 0 Å². The first-order chi connectivity index (χ1) is 13.7. The van der Waals surface area contributed by atoms with E-state index >= 15 is 0 Å². The predicted molar refractivity (Wildman–Crippen MR) is 111 cm³/mol. The van der Waals surface area contributed by atoms with E-state index in [9.17, 15) is 9.59 Å². The van der Waals surface area contributed by atoms with Gasteiger partial charge < -0.3 is 14.8 Å². The lowest BCUT2D eigenvalue weighted by atomic mass is 10.2. The number of para-hydroxylation sites is 2. The van der Waals surface area contributed by atoms with Gasteiger partial charge in [-0.25, -0.2) is 4.98 Å². The maximum absolute atomic E-state index is 12.9. The second-order valence-electron chi connectivity index (χ2n) is 7.60. The molecule has 0 radical (unpaired) electrons. The lowest BCUT2D eigenvalue weighted by molar-refractivity contribution is -0.131. The highest BCUT2D eigenvalue weighted by molar-refractivity contribution is 5.81. The fourth-order valence-corrected chi connectivity index (χ4v) is 3.84. The van der Waals surface area contributed by atoms with Crippen LogP contribution in [0.25, 0.3) is 11.0 Å². The monoisotopic (exact) mass is 384 g/mol. The van der Waals surface area contributed by atoms with Crippen LogP contribution in [0.1, 0.15) is 57.7 Å². The normalized spacial score (nSPS) is 14.8. The van der Waals surface area contributed by atoms with Crippen LogP contribution in [-0.4, -0.2) is 45.9 Å². The number of nitrogens with one attached hydrogen (secondary N) is 1. The van der Waals surface area contributed by atoms with Crippen molar-refractivity contribution in [3.8, 4) is 0 Å². The molecule has 1 saturated heterocycles. The molecule has 0 saturated carbocycles. The molecule has 1 fully saturated rings. The number of likely N-dealkylation sites (tertiary alicyclic amines) is 1. The molecule has 0 bridgehead atoms. The van der Waals surface area contributed by atoms with Crippen molar-refractivity contribution in [3.63, 3.8) is 0 Å². The van der Waals surface area contributed by atoms with E-state index in [1.54, 1.807) is 0 Å². The zero-order valence-electron chi connectivity index (χ0n) is 17.0. The largest absolute Gasteiger partial charge is 0.356 e. The second-order valence-corrected chi connectivity index (χ2v) is 7.60. The Morgan fingerprint density at radius 3 is 2.61 bits per heavy atom. The van der Waals surface area contributed by atoms with Crippen molar-refractivity contribution >= 4 is 22.8 Å². The van der Waals surface area contributed by atoms with Crippen LogP contribution in [0, 0.1) is 0 Å². The highest BCUT2D eigenvalue weighted by Crippen LogP contribution is 2.18. The molecule has 28 heavy (non-hydrogen) atoms. The Labute approximate surface area is 167 Å². The molecule has 3 rings (SSSR count). The van der Waals surface area contributed by atoms with Crippen LogP contribution in [0.4, 0.5) is 0 Å². The summed E-state index contributed by atoms with van der Waals surface area (Å²) in [6, 6.07) is 8.00. The van der Waals surface area contributed by atoms with Crippen LogP contribution in [0.3, 0.4) is 0 Å². The Morgan fingerprint density at radius 1 is 1.11 bits per heavy atom. The summed E-state index contributed by atoms with van der Waals surface area (Å²) in [6.45, 7) is 4.72. The molecular weight excluding hydrogens is 352 g/mol. The number of aromatic nitrogens is 2. The van der Waals surface area contributed by atoms with Crippen molar-refractivity contribution < 1.29 is 9.59 Å². The molecule has 6 heteroatoms. The van der Waals surface area contributed by atoms with E-state index < -0.39 is 0 Å². The van der Waals surface area contributed by atoms with Crippen LogP contribution in [-0.2, 0) is 22.6 Å². The summed E-state index contributed by atoms with van der Waals surface area (Å²) in [5.74, 6) is 1.21. The molecule has 1 aliphatic rings.